The second kappa shape index (κ2) is 12.6. The zero-order chi connectivity index (χ0) is 18.7. The Morgan fingerprint density at radius 2 is 1.32 bits per heavy atom. The van der Waals surface area contributed by atoms with Gasteiger partial charge in [-0.15, -0.1) is 0 Å². The smallest absolute Gasteiger partial charge is 0.207 e. The fourth-order valence-corrected chi connectivity index (χ4v) is 3.36. The van der Waals surface area contributed by atoms with Gasteiger partial charge in [-0.25, -0.2) is 0 Å². The highest BCUT2D eigenvalue weighted by Crippen LogP contribution is 2.14. The van der Waals surface area contributed by atoms with E-state index in [9.17, 15) is 0 Å². The minimum atomic E-state index is 0.461. The summed E-state index contributed by atoms with van der Waals surface area (Å²) in [5.74, 6) is 2.41. The fraction of sp³-hybridized carbons (Fsp3) is 0.842. The number of nitrogens with one attached hydrogen (secondary N) is 2. The van der Waals surface area contributed by atoms with E-state index in [4.69, 9.17) is 24.4 Å². The maximum atomic E-state index is 5.23. The van der Waals surface area contributed by atoms with Crippen LogP contribution in [-0.4, -0.2) is 28.0 Å². The summed E-state index contributed by atoms with van der Waals surface area (Å²) < 4.78 is 1.02. The Kier molecular flexibility index (Phi) is 11.2. The maximum absolute atomic E-state index is 5.23. The van der Waals surface area contributed by atoms with Gasteiger partial charge in [-0.1, -0.05) is 66.2 Å². The van der Waals surface area contributed by atoms with Gasteiger partial charge in [0.15, 0.2) is 4.77 Å². The average molecular weight is 385 g/mol. The Morgan fingerprint density at radius 1 is 0.800 bits per heavy atom. The number of anilines is 1. The standard InChI is InChI=1S/C19H36N4S2/c1-15(2)11-7-5-9-13-23(14-10-6-8-12-16(3)4)17-20-18(24)22-19(25)21-17/h15-16H,5-14H2,1-4H3,(H2,20,21,22,24,25). The molecule has 144 valence electrons. The molecule has 0 saturated heterocycles. The van der Waals surface area contributed by atoms with Gasteiger partial charge in [0.1, 0.15) is 0 Å². The SMILES string of the molecule is CC(C)CCCCCN(CCCCCC(C)C)c1nc(=S)[nH]c(=S)[nH]1. The van der Waals surface area contributed by atoms with Crippen molar-refractivity contribution in [1.82, 2.24) is 15.0 Å². The van der Waals surface area contributed by atoms with E-state index in [-0.39, 0.29) is 0 Å². The highest BCUT2D eigenvalue weighted by molar-refractivity contribution is 7.71. The molecule has 6 heteroatoms. The lowest BCUT2D eigenvalue weighted by Crippen LogP contribution is -2.28. The molecule has 0 aliphatic heterocycles. The Balaban J connectivity index is 2.54. The van der Waals surface area contributed by atoms with E-state index in [1.165, 1.54) is 51.4 Å². The highest BCUT2D eigenvalue weighted by atomic mass is 32.1. The molecule has 0 aliphatic rings. The normalized spacial score (nSPS) is 11.4. The Morgan fingerprint density at radius 3 is 1.76 bits per heavy atom. The minimum absolute atomic E-state index is 0.461. The number of hydrogen-bond acceptors (Lipinski definition) is 4. The molecule has 0 saturated carbocycles. The molecular weight excluding hydrogens is 348 g/mol. The second-order valence-corrected chi connectivity index (χ2v) is 8.59. The van der Waals surface area contributed by atoms with E-state index >= 15 is 0 Å². The Bertz CT molecular complexity index is 531. The van der Waals surface area contributed by atoms with Gasteiger partial charge in [-0.2, -0.15) is 4.98 Å². The van der Waals surface area contributed by atoms with E-state index in [0.717, 1.165) is 30.9 Å². The van der Waals surface area contributed by atoms with Gasteiger partial charge in [-0.3, -0.25) is 0 Å². The van der Waals surface area contributed by atoms with Crippen LogP contribution in [0.3, 0.4) is 0 Å². The van der Waals surface area contributed by atoms with Gasteiger partial charge in [-0.05, 0) is 49.1 Å². The van der Waals surface area contributed by atoms with Gasteiger partial charge >= 0.3 is 0 Å². The summed E-state index contributed by atoms with van der Waals surface area (Å²) in [5.41, 5.74) is 0. The molecule has 0 aliphatic carbocycles. The van der Waals surface area contributed by atoms with Gasteiger partial charge in [0.2, 0.25) is 10.7 Å². The van der Waals surface area contributed by atoms with Crippen LogP contribution in [-0.2, 0) is 0 Å². The number of nitrogens with zero attached hydrogens (tertiary/aromatic N) is 2. The van der Waals surface area contributed by atoms with Crippen LogP contribution in [0.15, 0.2) is 0 Å². The van der Waals surface area contributed by atoms with Crippen LogP contribution in [0.5, 0.6) is 0 Å². The van der Waals surface area contributed by atoms with Crippen molar-refractivity contribution in [2.45, 2.75) is 79.1 Å². The van der Waals surface area contributed by atoms with Crippen molar-refractivity contribution in [3.63, 3.8) is 0 Å². The first-order valence-corrected chi connectivity index (χ1v) is 10.7. The summed E-state index contributed by atoms with van der Waals surface area (Å²) >= 11 is 10.4. The van der Waals surface area contributed by atoms with E-state index < -0.39 is 0 Å². The number of aromatic amines is 2. The Hall–Kier alpha value is -0.750. The van der Waals surface area contributed by atoms with E-state index in [1.54, 1.807) is 0 Å². The van der Waals surface area contributed by atoms with Crippen molar-refractivity contribution in [1.29, 1.82) is 0 Å². The van der Waals surface area contributed by atoms with Crippen LogP contribution in [0.4, 0.5) is 5.95 Å². The van der Waals surface area contributed by atoms with Crippen LogP contribution in [0, 0.1) is 21.4 Å². The molecule has 0 aromatic carbocycles. The number of rotatable bonds is 13. The predicted octanol–water partition coefficient (Wildman–Crippen LogP) is 6.44. The van der Waals surface area contributed by atoms with Gasteiger partial charge in [0.05, 0.1) is 0 Å². The monoisotopic (exact) mass is 384 g/mol. The predicted molar refractivity (Wildman–Crippen MR) is 113 cm³/mol. The number of H-pyrrole nitrogens is 2. The molecule has 1 aromatic rings. The third kappa shape index (κ3) is 10.8. The summed E-state index contributed by atoms with van der Waals surface area (Å²) in [7, 11) is 0. The molecule has 2 N–H and O–H groups in total. The molecule has 0 spiro atoms. The minimum Gasteiger partial charge on any atom is -0.342 e. The molecule has 1 rings (SSSR count). The third-order valence-electron chi connectivity index (χ3n) is 4.37. The second-order valence-electron chi connectivity index (χ2n) is 7.79. The number of aromatic nitrogens is 3. The van der Waals surface area contributed by atoms with Crippen LogP contribution in [0.1, 0.15) is 79.1 Å². The molecule has 0 unspecified atom stereocenters. The lowest BCUT2D eigenvalue weighted by atomic mass is 10.0. The zero-order valence-electron chi connectivity index (χ0n) is 16.4. The first-order chi connectivity index (χ1) is 11.9. The average Bonchev–Trinajstić information content (AvgIpc) is 2.50. The van der Waals surface area contributed by atoms with E-state index in [1.807, 2.05) is 0 Å². The van der Waals surface area contributed by atoms with Crippen LogP contribution < -0.4 is 4.90 Å². The highest BCUT2D eigenvalue weighted by Gasteiger charge is 2.09. The molecular formula is C19H36N4S2. The third-order valence-corrected chi connectivity index (χ3v) is 4.77. The van der Waals surface area contributed by atoms with Crippen LogP contribution in [0.2, 0.25) is 0 Å². The number of unbranched alkanes of at least 4 members (excludes halogenated alkanes) is 4. The van der Waals surface area contributed by atoms with Crippen LogP contribution in [0.25, 0.3) is 0 Å². The number of hydrogen-bond donors (Lipinski definition) is 2. The summed E-state index contributed by atoms with van der Waals surface area (Å²) in [6, 6.07) is 0. The molecule has 1 aromatic heterocycles. The van der Waals surface area contributed by atoms with E-state index in [0.29, 0.717) is 9.54 Å². The van der Waals surface area contributed by atoms with Crippen molar-refractivity contribution in [3.05, 3.63) is 9.54 Å². The lowest BCUT2D eigenvalue weighted by Gasteiger charge is -2.23. The largest absolute Gasteiger partial charge is 0.342 e. The first kappa shape index (κ1) is 22.3. The summed E-state index contributed by atoms with van der Waals surface area (Å²) in [6.07, 6.45) is 10.1. The molecule has 1 heterocycles. The van der Waals surface area contributed by atoms with Crippen LogP contribution >= 0.6 is 24.4 Å². The molecule has 4 nitrogen and oxygen atoms in total. The molecule has 25 heavy (non-hydrogen) atoms. The van der Waals surface area contributed by atoms with Crippen molar-refractivity contribution in [2.75, 3.05) is 18.0 Å². The summed E-state index contributed by atoms with van der Waals surface area (Å²) in [6.45, 7) is 11.2. The summed E-state index contributed by atoms with van der Waals surface area (Å²) in [5, 5.41) is 0. The van der Waals surface area contributed by atoms with Crippen molar-refractivity contribution in [2.24, 2.45) is 11.8 Å². The van der Waals surface area contributed by atoms with Crippen molar-refractivity contribution >= 4 is 30.4 Å². The molecule has 0 bridgehead atoms. The molecule has 0 amide bonds. The van der Waals surface area contributed by atoms with Gasteiger partial charge < -0.3 is 14.9 Å². The molecule has 0 radical (unpaired) electrons. The quantitative estimate of drug-likeness (QED) is 0.303. The molecule has 0 atom stereocenters. The zero-order valence-corrected chi connectivity index (χ0v) is 18.1. The topological polar surface area (TPSA) is 47.7 Å². The van der Waals surface area contributed by atoms with Crippen molar-refractivity contribution in [3.8, 4) is 0 Å². The van der Waals surface area contributed by atoms with E-state index in [2.05, 4.69) is 47.5 Å². The van der Waals surface area contributed by atoms with Gasteiger partial charge in [0.25, 0.3) is 0 Å². The Labute approximate surface area is 163 Å². The van der Waals surface area contributed by atoms with Gasteiger partial charge in [0, 0.05) is 13.1 Å². The molecule has 0 fully saturated rings. The lowest BCUT2D eigenvalue weighted by molar-refractivity contribution is 0.512. The maximum Gasteiger partial charge on any atom is 0.207 e. The fourth-order valence-electron chi connectivity index (χ4n) is 2.92. The first-order valence-electron chi connectivity index (χ1n) is 9.84. The van der Waals surface area contributed by atoms with Crippen molar-refractivity contribution < 1.29 is 0 Å². The summed E-state index contributed by atoms with van der Waals surface area (Å²) in [4.78, 5) is 12.8.